The molecule has 1 saturated carbocycles. The van der Waals surface area contributed by atoms with Gasteiger partial charge >= 0.3 is 0 Å². The summed E-state index contributed by atoms with van der Waals surface area (Å²) in [5.74, 6) is 1.53. The molecule has 1 unspecified atom stereocenters. The summed E-state index contributed by atoms with van der Waals surface area (Å²) >= 11 is 5.93. The smallest absolute Gasteiger partial charge is 0.144 e. The first-order chi connectivity index (χ1) is 8.10. The number of aromatic nitrogens is 2. The molecule has 0 saturated heterocycles. The summed E-state index contributed by atoms with van der Waals surface area (Å²) in [7, 11) is 2.08. The first-order valence-electron chi connectivity index (χ1n) is 6.00. The van der Waals surface area contributed by atoms with Gasteiger partial charge < -0.3 is 5.73 Å². The van der Waals surface area contributed by atoms with Gasteiger partial charge in [0.15, 0.2) is 0 Å². The van der Waals surface area contributed by atoms with E-state index in [0.29, 0.717) is 24.3 Å². The fraction of sp³-hybridized carbons (Fsp3) is 0.667. The lowest BCUT2D eigenvalue weighted by Crippen LogP contribution is -2.39. The van der Waals surface area contributed by atoms with E-state index in [0.717, 1.165) is 17.4 Å². The molecule has 1 heterocycles. The minimum absolute atomic E-state index is 0.442. The van der Waals surface area contributed by atoms with Gasteiger partial charge in [0.25, 0.3) is 0 Å². The highest BCUT2D eigenvalue weighted by Crippen LogP contribution is 2.34. The Bertz CT molecular complexity index is 372. The molecule has 1 atom stereocenters. The number of halogens is 1. The van der Waals surface area contributed by atoms with Gasteiger partial charge in [0.1, 0.15) is 11.0 Å². The van der Waals surface area contributed by atoms with Crippen LogP contribution in [0.3, 0.4) is 0 Å². The van der Waals surface area contributed by atoms with Gasteiger partial charge in [-0.25, -0.2) is 9.97 Å². The molecule has 0 spiro atoms. The molecule has 0 bridgehead atoms. The quantitative estimate of drug-likeness (QED) is 0.812. The van der Waals surface area contributed by atoms with Crippen LogP contribution in [0.25, 0.3) is 0 Å². The fourth-order valence-corrected chi connectivity index (χ4v) is 2.47. The lowest BCUT2D eigenvalue weighted by atomic mass is 10.1. The van der Waals surface area contributed by atoms with E-state index in [2.05, 4.69) is 21.9 Å². The van der Waals surface area contributed by atoms with Crippen molar-refractivity contribution >= 4 is 11.6 Å². The Morgan fingerprint density at radius 2 is 2.24 bits per heavy atom. The molecular formula is C12H19ClN4. The number of hydrogen-bond donors (Lipinski definition) is 1. The minimum atomic E-state index is 0.442. The first-order valence-corrected chi connectivity index (χ1v) is 6.38. The van der Waals surface area contributed by atoms with Crippen molar-refractivity contribution < 1.29 is 0 Å². The fourth-order valence-electron chi connectivity index (χ4n) is 2.21. The van der Waals surface area contributed by atoms with Crippen molar-refractivity contribution in [2.45, 2.75) is 32.4 Å². The molecule has 0 aromatic carbocycles. The van der Waals surface area contributed by atoms with Crippen LogP contribution < -0.4 is 5.73 Å². The third kappa shape index (κ3) is 3.37. The zero-order chi connectivity index (χ0) is 12.4. The van der Waals surface area contributed by atoms with E-state index in [1.165, 1.54) is 12.8 Å². The summed E-state index contributed by atoms with van der Waals surface area (Å²) in [5, 5.41) is 0.511. The Labute approximate surface area is 107 Å². The number of hydrogen-bond acceptors (Lipinski definition) is 4. The molecule has 0 aliphatic heterocycles. The lowest BCUT2D eigenvalue weighted by molar-refractivity contribution is 0.210. The van der Waals surface area contributed by atoms with E-state index < -0.39 is 0 Å². The molecule has 4 nitrogen and oxygen atoms in total. The van der Waals surface area contributed by atoms with Gasteiger partial charge in [-0.05, 0) is 38.8 Å². The number of likely N-dealkylation sites (N-methyl/N-ethyl adjacent to an activating group) is 1. The largest absolute Gasteiger partial charge is 0.329 e. The van der Waals surface area contributed by atoms with Gasteiger partial charge in [-0.3, -0.25) is 4.90 Å². The number of rotatable bonds is 5. The maximum Gasteiger partial charge on any atom is 0.144 e. The van der Waals surface area contributed by atoms with E-state index in [-0.39, 0.29) is 0 Å². The molecule has 94 valence electrons. The summed E-state index contributed by atoms with van der Waals surface area (Å²) in [5.41, 5.74) is 6.73. The van der Waals surface area contributed by atoms with Crippen molar-refractivity contribution in [3.8, 4) is 0 Å². The molecule has 0 amide bonds. The highest BCUT2D eigenvalue weighted by atomic mass is 35.5. The van der Waals surface area contributed by atoms with E-state index in [1.54, 1.807) is 6.07 Å². The molecule has 1 aromatic rings. The zero-order valence-electron chi connectivity index (χ0n) is 10.4. The van der Waals surface area contributed by atoms with Crippen molar-refractivity contribution in [1.29, 1.82) is 0 Å². The Hall–Kier alpha value is -0.710. The summed E-state index contributed by atoms with van der Waals surface area (Å²) < 4.78 is 0. The molecule has 1 aliphatic carbocycles. The highest BCUT2D eigenvalue weighted by molar-refractivity contribution is 6.29. The third-order valence-corrected chi connectivity index (χ3v) is 3.43. The molecule has 1 fully saturated rings. The van der Waals surface area contributed by atoms with Crippen LogP contribution in [0.1, 0.15) is 24.4 Å². The number of nitrogens with two attached hydrogens (primary N) is 1. The minimum Gasteiger partial charge on any atom is -0.329 e. The summed E-state index contributed by atoms with van der Waals surface area (Å²) in [4.78, 5) is 10.9. The summed E-state index contributed by atoms with van der Waals surface area (Å²) in [6, 6.07) is 2.21. The molecule has 0 radical (unpaired) electrons. The predicted octanol–water partition coefficient (Wildman–Crippen LogP) is 1.61. The molecule has 1 aliphatic rings. The zero-order valence-corrected chi connectivity index (χ0v) is 11.1. The van der Waals surface area contributed by atoms with E-state index in [9.17, 15) is 0 Å². The van der Waals surface area contributed by atoms with Crippen LogP contribution in [0, 0.1) is 12.8 Å². The standard InChI is InChI=1S/C12H19ClN4/c1-8-5-11(13)16-12(15-8)7-17(2)10(6-14)9-3-4-9/h5,9-10H,3-4,6-7,14H2,1-2H3. The molecular weight excluding hydrogens is 236 g/mol. The molecule has 2 N–H and O–H groups in total. The second kappa shape index (κ2) is 5.29. The Morgan fingerprint density at radius 3 is 2.76 bits per heavy atom. The summed E-state index contributed by atoms with van der Waals surface area (Å²) in [6.07, 6.45) is 2.59. The Balaban J connectivity index is 2.03. The molecule has 5 heteroatoms. The van der Waals surface area contributed by atoms with Gasteiger partial charge in [0.05, 0.1) is 6.54 Å². The lowest BCUT2D eigenvalue weighted by Gasteiger charge is -2.26. The van der Waals surface area contributed by atoms with Crippen LogP contribution in [0.2, 0.25) is 5.15 Å². The van der Waals surface area contributed by atoms with Crippen molar-refractivity contribution in [1.82, 2.24) is 14.9 Å². The Morgan fingerprint density at radius 1 is 1.53 bits per heavy atom. The van der Waals surface area contributed by atoms with Crippen molar-refractivity contribution in [3.05, 3.63) is 22.7 Å². The SMILES string of the molecule is Cc1cc(Cl)nc(CN(C)C(CN)C2CC2)n1. The average molecular weight is 255 g/mol. The topological polar surface area (TPSA) is 55.0 Å². The van der Waals surface area contributed by atoms with Crippen LogP contribution in [0.4, 0.5) is 0 Å². The normalized spacial score (nSPS) is 17.5. The molecule has 2 rings (SSSR count). The second-order valence-electron chi connectivity index (χ2n) is 4.80. The maximum absolute atomic E-state index is 5.93. The highest BCUT2D eigenvalue weighted by Gasteiger charge is 2.32. The van der Waals surface area contributed by atoms with E-state index in [4.69, 9.17) is 17.3 Å². The molecule has 17 heavy (non-hydrogen) atoms. The monoisotopic (exact) mass is 254 g/mol. The number of nitrogens with zero attached hydrogens (tertiary/aromatic N) is 3. The third-order valence-electron chi connectivity index (χ3n) is 3.23. The molecule has 1 aromatic heterocycles. The van der Waals surface area contributed by atoms with Gasteiger partial charge in [-0.2, -0.15) is 0 Å². The number of aryl methyl sites for hydroxylation is 1. The van der Waals surface area contributed by atoms with Crippen LogP contribution in [-0.2, 0) is 6.54 Å². The van der Waals surface area contributed by atoms with Crippen molar-refractivity contribution in [3.63, 3.8) is 0 Å². The van der Waals surface area contributed by atoms with Gasteiger partial charge in [0.2, 0.25) is 0 Å². The maximum atomic E-state index is 5.93. The van der Waals surface area contributed by atoms with Gasteiger partial charge in [-0.15, -0.1) is 0 Å². The van der Waals surface area contributed by atoms with Crippen molar-refractivity contribution in [2.75, 3.05) is 13.6 Å². The van der Waals surface area contributed by atoms with Crippen LogP contribution in [-0.4, -0.2) is 34.5 Å². The Kier molecular flexibility index (Phi) is 3.97. The van der Waals surface area contributed by atoms with Crippen molar-refractivity contribution in [2.24, 2.45) is 11.7 Å². The average Bonchev–Trinajstić information content (AvgIpc) is 3.01. The van der Waals surface area contributed by atoms with E-state index >= 15 is 0 Å². The predicted molar refractivity (Wildman–Crippen MR) is 68.8 cm³/mol. The van der Waals surface area contributed by atoms with Crippen LogP contribution in [0.5, 0.6) is 0 Å². The van der Waals surface area contributed by atoms with Gasteiger partial charge in [-0.1, -0.05) is 11.6 Å². The summed E-state index contributed by atoms with van der Waals surface area (Å²) in [6.45, 7) is 3.33. The second-order valence-corrected chi connectivity index (χ2v) is 5.19. The van der Waals surface area contributed by atoms with Crippen LogP contribution in [0.15, 0.2) is 6.07 Å². The van der Waals surface area contributed by atoms with Gasteiger partial charge in [0, 0.05) is 18.3 Å². The first kappa shape index (κ1) is 12.7. The van der Waals surface area contributed by atoms with Crippen LogP contribution >= 0.6 is 11.6 Å². The van der Waals surface area contributed by atoms with E-state index in [1.807, 2.05) is 6.92 Å².